The Morgan fingerprint density at radius 2 is 1.53 bits per heavy atom. The van der Waals surface area contributed by atoms with Crippen molar-refractivity contribution < 1.29 is 27.5 Å². The quantitative estimate of drug-likeness (QED) is 0.163. The third kappa shape index (κ3) is 9.30. The van der Waals surface area contributed by atoms with Crippen LogP contribution in [0, 0.1) is 24.4 Å². The molecule has 1 amide bonds. The zero-order valence-corrected chi connectivity index (χ0v) is 28.9. The predicted molar refractivity (Wildman–Crippen MR) is 178 cm³/mol. The van der Waals surface area contributed by atoms with Crippen LogP contribution >= 0.6 is 31.9 Å². The first-order chi connectivity index (χ1) is 20.9. The molecule has 0 aliphatic rings. The van der Waals surface area contributed by atoms with Crippen LogP contribution in [-0.2, 0) is 4.74 Å². The standard InChI is InChI=1S/C21H19BrF2N2O3.C12H13BrFNO/c1-11-7-19(27)13-6-5-12(22)8-17(13)26(11)18-10-16(14(23)9-15(18)24)25-20(28)29-21(2,3)4;1-8(15(2)3)6-12(16)10-5-4-9(13)7-11(10)14/h5-10H,1-4H3,(H,25,28);4-7H,1-3H3/b;8-6+. The molecule has 0 aliphatic heterocycles. The molecule has 0 atom stereocenters. The Balaban J connectivity index is 0.000000292. The molecule has 0 aliphatic carbocycles. The van der Waals surface area contributed by atoms with Gasteiger partial charge >= 0.3 is 6.09 Å². The van der Waals surface area contributed by atoms with Gasteiger partial charge in [-0.1, -0.05) is 31.9 Å². The number of aryl methyl sites for hydroxylation is 1. The first-order valence-electron chi connectivity index (χ1n) is 13.5. The Kier molecular flexibility index (Phi) is 11.4. The monoisotopic (exact) mass is 749 g/mol. The van der Waals surface area contributed by atoms with Gasteiger partial charge in [0.1, 0.15) is 23.1 Å². The van der Waals surface area contributed by atoms with E-state index < -0.39 is 29.1 Å². The van der Waals surface area contributed by atoms with Gasteiger partial charge in [0.05, 0.1) is 22.5 Å². The largest absolute Gasteiger partial charge is 0.444 e. The lowest BCUT2D eigenvalue weighted by atomic mass is 10.1. The SMILES string of the molecule is C/C(=C\C(=O)c1ccc(Br)cc1F)N(C)C.Cc1cc(=O)c2ccc(Br)cc2n1-c1cc(NC(=O)OC(C)(C)C)c(F)cc1F. The van der Waals surface area contributed by atoms with Gasteiger partial charge in [0.2, 0.25) is 0 Å². The highest BCUT2D eigenvalue weighted by atomic mass is 79.9. The maximum Gasteiger partial charge on any atom is 0.412 e. The van der Waals surface area contributed by atoms with Gasteiger partial charge in [0.15, 0.2) is 11.2 Å². The second-order valence-corrected chi connectivity index (χ2v) is 13.1. The zero-order valence-electron chi connectivity index (χ0n) is 25.7. The van der Waals surface area contributed by atoms with Gasteiger partial charge in [-0.15, -0.1) is 0 Å². The van der Waals surface area contributed by atoms with Crippen LogP contribution in [0.1, 0.15) is 43.7 Å². The van der Waals surface area contributed by atoms with Crippen molar-refractivity contribution in [2.75, 3.05) is 19.4 Å². The van der Waals surface area contributed by atoms with Crippen LogP contribution in [-0.4, -0.2) is 41.0 Å². The van der Waals surface area contributed by atoms with E-state index in [2.05, 4.69) is 37.2 Å². The fraction of sp³-hybridized carbons (Fsp3) is 0.242. The number of nitrogens with zero attached hydrogens (tertiary/aromatic N) is 2. The lowest BCUT2D eigenvalue weighted by molar-refractivity contribution is 0.0635. The number of carbonyl (C=O) groups excluding carboxylic acids is 2. The molecule has 1 N–H and O–H groups in total. The van der Waals surface area contributed by atoms with E-state index in [-0.39, 0.29) is 28.2 Å². The summed E-state index contributed by atoms with van der Waals surface area (Å²) in [6.07, 6.45) is 0.560. The number of halogens is 5. The molecule has 0 fully saturated rings. The molecule has 4 rings (SSSR count). The van der Waals surface area contributed by atoms with Gasteiger partial charge in [-0.3, -0.25) is 14.9 Å². The summed E-state index contributed by atoms with van der Waals surface area (Å²) in [5, 5.41) is 2.69. The Bertz CT molecular complexity index is 1870. The molecule has 1 heterocycles. The van der Waals surface area contributed by atoms with Crippen LogP contribution in [0.15, 0.2) is 80.1 Å². The number of pyridine rings is 1. The van der Waals surface area contributed by atoms with Crippen molar-refractivity contribution in [2.24, 2.45) is 0 Å². The molecule has 12 heteroatoms. The van der Waals surface area contributed by atoms with E-state index in [9.17, 15) is 27.6 Å². The third-order valence-electron chi connectivity index (χ3n) is 6.31. The number of anilines is 1. The molecule has 45 heavy (non-hydrogen) atoms. The maximum absolute atomic E-state index is 14.7. The molecule has 1 aromatic heterocycles. The van der Waals surface area contributed by atoms with Crippen molar-refractivity contribution in [3.8, 4) is 5.69 Å². The Hall–Kier alpha value is -3.90. The summed E-state index contributed by atoms with van der Waals surface area (Å²) in [7, 11) is 3.66. The van der Waals surface area contributed by atoms with Gasteiger partial charge in [-0.25, -0.2) is 18.0 Å². The molecule has 0 saturated heterocycles. The van der Waals surface area contributed by atoms with Crippen LogP contribution in [0.2, 0.25) is 0 Å². The van der Waals surface area contributed by atoms with Crippen molar-refractivity contribution >= 4 is 60.3 Å². The number of rotatable bonds is 5. The van der Waals surface area contributed by atoms with E-state index >= 15 is 0 Å². The van der Waals surface area contributed by atoms with E-state index in [1.807, 2.05) is 14.1 Å². The zero-order chi connectivity index (χ0) is 33.8. The lowest BCUT2D eigenvalue weighted by Gasteiger charge is -2.21. The number of ketones is 1. The topological polar surface area (TPSA) is 80.6 Å². The molecule has 0 unspecified atom stereocenters. The van der Waals surface area contributed by atoms with Crippen molar-refractivity contribution in [2.45, 2.75) is 40.2 Å². The Morgan fingerprint density at radius 1 is 0.911 bits per heavy atom. The average molecular weight is 751 g/mol. The van der Waals surface area contributed by atoms with Crippen LogP contribution in [0.3, 0.4) is 0 Å². The number of hydrogen-bond donors (Lipinski definition) is 1. The van der Waals surface area contributed by atoms with Crippen LogP contribution in [0.25, 0.3) is 16.6 Å². The molecular weight excluding hydrogens is 719 g/mol. The second kappa shape index (κ2) is 14.5. The number of amides is 1. The molecule has 238 valence electrons. The van der Waals surface area contributed by atoms with Crippen LogP contribution in [0.5, 0.6) is 0 Å². The first kappa shape index (κ1) is 35.6. The normalized spacial score (nSPS) is 11.5. The highest BCUT2D eigenvalue weighted by molar-refractivity contribution is 9.10. The van der Waals surface area contributed by atoms with E-state index in [0.717, 1.165) is 5.70 Å². The minimum absolute atomic E-state index is 0.0157. The fourth-order valence-electron chi connectivity index (χ4n) is 4.04. The number of hydrogen-bond acceptors (Lipinski definition) is 5. The molecule has 0 spiro atoms. The molecular formula is C33H32Br2F3N3O4. The number of allylic oxidation sites excluding steroid dienone is 2. The number of nitrogens with one attached hydrogen (secondary N) is 1. The average Bonchev–Trinajstić information content (AvgIpc) is 2.90. The van der Waals surface area contributed by atoms with Crippen molar-refractivity contribution in [3.05, 3.63) is 114 Å². The number of ether oxygens (including phenoxy) is 1. The van der Waals surface area contributed by atoms with Crippen molar-refractivity contribution in [3.63, 3.8) is 0 Å². The minimum Gasteiger partial charge on any atom is -0.444 e. The molecule has 3 aromatic carbocycles. The molecule has 0 bridgehead atoms. The van der Waals surface area contributed by atoms with Crippen LogP contribution in [0.4, 0.5) is 23.7 Å². The molecule has 0 radical (unpaired) electrons. The molecule has 0 saturated carbocycles. The van der Waals surface area contributed by atoms with Gasteiger partial charge in [-0.2, -0.15) is 0 Å². The fourth-order valence-corrected chi connectivity index (χ4v) is 4.73. The number of carbonyl (C=O) groups is 2. The van der Waals surface area contributed by atoms with Gasteiger partial charge in [0, 0.05) is 58.0 Å². The van der Waals surface area contributed by atoms with E-state index in [0.29, 0.717) is 31.6 Å². The van der Waals surface area contributed by atoms with E-state index in [1.54, 1.807) is 63.8 Å². The highest BCUT2D eigenvalue weighted by Gasteiger charge is 2.20. The van der Waals surface area contributed by atoms with Gasteiger partial charge < -0.3 is 14.2 Å². The van der Waals surface area contributed by atoms with Crippen molar-refractivity contribution in [1.29, 1.82) is 0 Å². The Morgan fingerprint density at radius 3 is 2.13 bits per heavy atom. The summed E-state index contributed by atoms with van der Waals surface area (Å²) in [6.45, 7) is 8.46. The maximum atomic E-state index is 14.7. The van der Waals surface area contributed by atoms with Gasteiger partial charge in [0.25, 0.3) is 0 Å². The van der Waals surface area contributed by atoms with Gasteiger partial charge in [-0.05, 0) is 77.1 Å². The second-order valence-electron chi connectivity index (χ2n) is 11.2. The lowest BCUT2D eigenvalue weighted by Crippen LogP contribution is -2.27. The summed E-state index contributed by atoms with van der Waals surface area (Å²) >= 11 is 6.50. The highest BCUT2D eigenvalue weighted by Crippen LogP contribution is 2.28. The smallest absolute Gasteiger partial charge is 0.412 e. The van der Waals surface area contributed by atoms with E-state index in [1.165, 1.54) is 34.9 Å². The minimum atomic E-state index is -0.943. The summed E-state index contributed by atoms with van der Waals surface area (Å²) in [6, 6.07) is 12.6. The van der Waals surface area contributed by atoms with Crippen molar-refractivity contribution in [1.82, 2.24) is 9.47 Å². The summed E-state index contributed by atoms with van der Waals surface area (Å²) in [4.78, 5) is 37.9. The third-order valence-corrected chi connectivity index (χ3v) is 7.30. The first-order valence-corrected chi connectivity index (χ1v) is 15.1. The number of aromatic nitrogens is 1. The van der Waals surface area contributed by atoms with E-state index in [4.69, 9.17) is 4.74 Å². The van der Waals surface area contributed by atoms with Crippen LogP contribution < -0.4 is 10.7 Å². The summed E-state index contributed by atoms with van der Waals surface area (Å²) < 4.78 is 50.4. The predicted octanol–water partition coefficient (Wildman–Crippen LogP) is 8.92. The molecule has 7 nitrogen and oxygen atoms in total. The Labute approximate surface area is 275 Å². The molecule has 4 aromatic rings. The summed E-state index contributed by atoms with van der Waals surface area (Å²) in [5.74, 6) is -2.62. The number of fused-ring (bicyclic) bond motifs is 1. The number of benzene rings is 3. The summed E-state index contributed by atoms with van der Waals surface area (Å²) in [5.41, 5.74) is 0.524.